The summed E-state index contributed by atoms with van der Waals surface area (Å²) in [6.45, 7) is 8.15. The van der Waals surface area contributed by atoms with Crippen molar-refractivity contribution in [3.8, 4) is 0 Å². The maximum absolute atomic E-state index is 3.51. The number of nitrogens with one attached hydrogen (secondary N) is 1. The van der Waals surface area contributed by atoms with E-state index >= 15 is 0 Å². The monoisotopic (exact) mass is 198 g/mol. The second-order valence-corrected chi connectivity index (χ2v) is 5.00. The number of likely N-dealkylation sites (N-methyl/N-ethyl adjacent to an activating group) is 1. The van der Waals surface area contributed by atoms with Gasteiger partial charge in [0.2, 0.25) is 0 Å². The van der Waals surface area contributed by atoms with E-state index in [1.54, 1.807) is 0 Å². The van der Waals surface area contributed by atoms with E-state index in [0.29, 0.717) is 0 Å². The van der Waals surface area contributed by atoms with Crippen molar-refractivity contribution < 1.29 is 0 Å². The van der Waals surface area contributed by atoms with Gasteiger partial charge in [0.05, 0.1) is 0 Å². The van der Waals surface area contributed by atoms with Crippen molar-refractivity contribution in [3.63, 3.8) is 0 Å². The molecule has 0 aromatic rings. The molecule has 0 unspecified atom stereocenters. The Hall–Kier alpha value is -0.0800. The molecule has 0 bridgehead atoms. The van der Waals surface area contributed by atoms with E-state index in [9.17, 15) is 0 Å². The predicted octanol–water partition coefficient (Wildman–Crippen LogP) is 2.11. The summed E-state index contributed by atoms with van der Waals surface area (Å²) in [4.78, 5) is 2.48. The predicted molar refractivity (Wildman–Crippen MR) is 62.6 cm³/mol. The van der Waals surface area contributed by atoms with Crippen molar-refractivity contribution in [1.82, 2.24) is 10.2 Å². The van der Waals surface area contributed by atoms with Gasteiger partial charge in [-0.25, -0.2) is 0 Å². The van der Waals surface area contributed by atoms with E-state index in [1.807, 2.05) is 0 Å². The molecule has 1 rings (SSSR count). The third-order valence-electron chi connectivity index (χ3n) is 2.95. The Morgan fingerprint density at radius 1 is 1.29 bits per heavy atom. The van der Waals surface area contributed by atoms with Gasteiger partial charge in [0.25, 0.3) is 0 Å². The number of hydrogen-bond donors (Lipinski definition) is 1. The highest BCUT2D eigenvalue weighted by atomic mass is 15.2. The highest BCUT2D eigenvalue weighted by Crippen LogP contribution is 2.24. The molecule has 14 heavy (non-hydrogen) atoms. The van der Waals surface area contributed by atoms with Crippen LogP contribution in [0.3, 0.4) is 0 Å². The fraction of sp³-hybridized carbons (Fsp3) is 1.00. The molecular formula is C12H26N2. The molecule has 0 heterocycles. The van der Waals surface area contributed by atoms with Gasteiger partial charge in [0.15, 0.2) is 0 Å². The maximum atomic E-state index is 3.51. The van der Waals surface area contributed by atoms with Crippen LogP contribution in [0.15, 0.2) is 0 Å². The van der Waals surface area contributed by atoms with Gasteiger partial charge in [-0.05, 0) is 45.2 Å². The van der Waals surface area contributed by atoms with E-state index in [2.05, 4.69) is 31.1 Å². The first-order valence-corrected chi connectivity index (χ1v) is 6.11. The Morgan fingerprint density at radius 3 is 2.57 bits per heavy atom. The van der Waals surface area contributed by atoms with Gasteiger partial charge < -0.3 is 10.2 Å². The molecular weight excluding hydrogens is 172 g/mol. The van der Waals surface area contributed by atoms with E-state index in [-0.39, 0.29) is 0 Å². The van der Waals surface area contributed by atoms with Crippen LogP contribution in [0.4, 0.5) is 0 Å². The molecule has 0 aliphatic heterocycles. The van der Waals surface area contributed by atoms with Gasteiger partial charge in [-0.2, -0.15) is 0 Å². The highest BCUT2D eigenvalue weighted by molar-refractivity contribution is 4.82. The lowest BCUT2D eigenvalue weighted by Crippen LogP contribution is -2.31. The van der Waals surface area contributed by atoms with Crippen molar-refractivity contribution in [1.29, 1.82) is 0 Å². The molecule has 0 atom stereocenters. The molecule has 0 amide bonds. The first kappa shape index (κ1) is 12.0. The second kappa shape index (κ2) is 6.41. The normalized spacial score (nSPS) is 16.9. The Labute approximate surface area is 89.1 Å². The van der Waals surface area contributed by atoms with Crippen molar-refractivity contribution in [2.45, 2.75) is 45.6 Å². The van der Waals surface area contributed by atoms with E-state index in [4.69, 9.17) is 0 Å². The molecule has 1 saturated carbocycles. The molecule has 0 radical (unpaired) electrons. The van der Waals surface area contributed by atoms with Gasteiger partial charge in [-0.1, -0.05) is 13.8 Å². The highest BCUT2D eigenvalue weighted by Gasteiger charge is 2.25. The van der Waals surface area contributed by atoms with Crippen molar-refractivity contribution >= 4 is 0 Å². The molecule has 1 aliphatic carbocycles. The number of hydrogen-bond acceptors (Lipinski definition) is 2. The lowest BCUT2D eigenvalue weighted by molar-refractivity contribution is 0.321. The molecule has 0 saturated heterocycles. The summed E-state index contributed by atoms with van der Waals surface area (Å²) in [6.07, 6.45) is 5.52. The molecule has 1 N–H and O–H groups in total. The van der Waals surface area contributed by atoms with Gasteiger partial charge in [0.1, 0.15) is 0 Å². The van der Waals surface area contributed by atoms with E-state index in [0.717, 1.165) is 18.5 Å². The smallest absolute Gasteiger partial charge is 0.0107 e. The molecule has 1 fully saturated rings. The summed E-state index contributed by atoms with van der Waals surface area (Å²) in [5, 5.41) is 3.51. The first-order valence-electron chi connectivity index (χ1n) is 6.11. The van der Waals surface area contributed by atoms with Gasteiger partial charge in [0, 0.05) is 19.1 Å². The molecule has 2 heteroatoms. The van der Waals surface area contributed by atoms with E-state index in [1.165, 1.54) is 38.8 Å². The third kappa shape index (κ3) is 5.61. The van der Waals surface area contributed by atoms with Crippen LogP contribution >= 0.6 is 0 Å². The largest absolute Gasteiger partial charge is 0.315 e. The van der Waals surface area contributed by atoms with Crippen LogP contribution in [0.2, 0.25) is 0 Å². The Balaban J connectivity index is 1.79. The van der Waals surface area contributed by atoms with Crippen molar-refractivity contribution in [3.05, 3.63) is 0 Å². The average Bonchev–Trinajstić information content (AvgIpc) is 2.92. The summed E-state index contributed by atoms with van der Waals surface area (Å²) in [7, 11) is 2.24. The van der Waals surface area contributed by atoms with Crippen LogP contribution < -0.4 is 5.32 Å². The van der Waals surface area contributed by atoms with Gasteiger partial charge in [-0.3, -0.25) is 0 Å². The molecule has 0 aromatic heterocycles. The summed E-state index contributed by atoms with van der Waals surface area (Å²) in [6, 6.07) is 0.910. The number of nitrogens with zero attached hydrogens (tertiary/aromatic N) is 1. The lowest BCUT2D eigenvalue weighted by Gasteiger charge is -2.15. The van der Waals surface area contributed by atoms with Crippen LogP contribution in [0.25, 0.3) is 0 Å². The van der Waals surface area contributed by atoms with Crippen LogP contribution in [0, 0.1) is 5.92 Å². The second-order valence-electron chi connectivity index (χ2n) is 5.00. The van der Waals surface area contributed by atoms with Crippen LogP contribution in [-0.4, -0.2) is 37.6 Å². The third-order valence-corrected chi connectivity index (χ3v) is 2.95. The minimum atomic E-state index is 0.853. The SMILES string of the molecule is CC(C)CCCNCCN(C)C1CC1. The summed E-state index contributed by atoms with van der Waals surface area (Å²) < 4.78 is 0. The standard InChI is InChI=1S/C12H26N2/c1-11(2)5-4-8-13-9-10-14(3)12-6-7-12/h11-13H,4-10H2,1-3H3. The maximum Gasteiger partial charge on any atom is 0.0107 e. The molecule has 0 spiro atoms. The zero-order valence-electron chi connectivity index (χ0n) is 10.1. The molecule has 2 nitrogen and oxygen atoms in total. The fourth-order valence-corrected chi connectivity index (χ4v) is 1.71. The topological polar surface area (TPSA) is 15.3 Å². The summed E-state index contributed by atoms with van der Waals surface area (Å²) >= 11 is 0. The van der Waals surface area contributed by atoms with Crippen LogP contribution in [0.5, 0.6) is 0 Å². The molecule has 84 valence electrons. The van der Waals surface area contributed by atoms with Crippen LogP contribution in [-0.2, 0) is 0 Å². The number of rotatable bonds is 8. The summed E-state index contributed by atoms with van der Waals surface area (Å²) in [5.74, 6) is 0.853. The van der Waals surface area contributed by atoms with Gasteiger partial charge >= 0.3 is 0 Å². The van der Waals surface area contributed by atoms with Gasteiger partial charge in [-0.15, -0.1) is 0 Å². The minimum Gasteiger partial charge on any atom is -0.315 e. The molecule has 1 aliphatic rings. The zero-order valence-corrected chi connectivity index (χ0v) is 10.1. The first-order chi connectivity index (χ1) is 6.70. The quantitative estimate of drug-likeness (QED) is 0.601. The van der Waals surface area contributed by atoms with Crippen molar-refractivity contribution in [2.24, 2.45) is 5.92 Å². The minimum absolute atomic E-state index is 0.853. The molecule has 0 aromatic carbocycles. The zero-order chi connectivity index (χ0) is 10.4. The fourth-order valence-electron chi connectivity index (χ4n) is 1.71. The summed E-state index contributed by atoms with van der Waals surface area (Å²) in [5.41, 5.74) is 0. The lowest BCUT2D eigenvalue weighted by atomic mass is 10.1. The van der Waals surface area contributed by atoms with Crippen LogP contribution in [0.1, 0.15) is 39.5 Å². The Morgan fingerprint density at radius 2 is 2.00 bits per heavy atom. The average molecular weight is 198 g/mol. The Bertz CT molecular complexity index is 141. The van der Waals surface area contributed by atoms with Crippen molar-refractivity contribution in [2.75, 3.05) is 26.7 Å². The Kier molecular flexibility index (Phi) is 5.49. The van der Waals surface area contributed by atoms with E-state index < -0.39 is 0 Å².